The second-order valence-corrected chi connectivity index (χ2v) is 6.59. The minimum Gasteiger partial charge on any atom is -0.497 e. The van der Waals surface area contributed by atoms with Crippen LogP contribution in [0, 0.1) is 0 Å². The average molecular weight is 357 g/mol. The van der Waals surface area contributed by atoms with Crippen LogP contribution in [0.2, 0.25) is 0 Å². The Morgan fingerprint density at radius 3 is 2.24 bits per heavy atom. The minimum absolute atomic E-state index is 0.356. The zero-order chi connectivity index (χ0) is 15.5. The van der Waals surface area contributed by atoms with Gasteiger partial charge >= 0.3 is 0 Å². The van der Waals surface area contributed by atoms with Crippen LogP contribution >= 0.6 is 15.9 Å². The van der Waals surface area contributed by atoms with Crippen molar-refractivity contribution in [3.63, 3.8) is 0 Å². The molecule has 0 heterocycles. The van der Waals surface area contributed by atoms with Crippen LogP contribution in [0.1, 0.15) is 68.7 Å². The molecule has 1 aromatic rings. The molecule has 0 fully saturated rings. The maximum Gasteiger partial charge on any atom is 0.126 e. The second kappa shape index (κ2) is 10.9. The molecule has 1 atom stereocenters. The van der Waals surface area contributed by atoms with E-state index in [0.717, 1.165) is 17.9 Å². The normalized spacial score (nSPS) is 12.2. The molecule has 1 aromatic carbocycles. The van der Waals surface area contributed by atoms with Gasteiger partial charge in [-0.05, 0) is 12.5 Å². The average Bonchev–Trinajstić information content (AvgIpc) is 2.53. The summed E-state index contributed by atoms with van der Waals surface area (Å²) in [4.78, 5) is 0.356. The predicted molar refractivity (Wildman–Crippen MR) is 93.8 cm³/mol. The number of ether oxygens (including phenoxy) is 2. The van der Waals surface area contributed by atoms with E-state index < -0.39 is 0 Å². The highest BCUT2D eigenvalue weighted by Gasteiger charge is 2.13. The van der Waals surface area contributed by atoms with Crippen LogP contribution in [0.25, 0.3) is 0 Å². The van der Waals surface area contributed by atoms with Gasteiger partial charge in [0.1, 0.15) is 11.5 Å². The molecule has 0 amide bonds. The Morgan fingerprint density at radius 1 is 0.952 bits per heavy atom. The highest BCUT2D eigenvalue weighted by molar-refractivity contribution is 9.09. The lowest BCUT2D eigenvalue weighted by atomic mass is 10.0. The SMILES string of the molecule is CCCCCCCCCC(Br)c1ccc(OC)cc1OC. The third-order valence-electron chi connectivity index (χ3n) is 3.84. The standard InChI is InChI=1S/C18H29BrO2/c1-4-5-6-7-8-9-10-11-17(19)16-13-12-15(20-2)14-18(16)21-3/h12-14,17H,4-11H2,1-3H3. The van der Waals surface area contributed by atoms with E-state index >= 15 is 0 Å². The van der Waals surface area contributed by atoms with Gasteiger partial charge in [0.05, 0.1) is 14.2 Å². The van der Waals surface area contributed by atoms with Gasteiger partial charge in [-0.15, -0.1) is 0 Å². The lowest BCUT2D eigenvalue weighted by Crippen LogP contribution is -1.96. The largest absolute Gasteiger partial charge is 0.497 e. The molecule has 0 N–H and O–H groups in total. The Kier molecular flexibility index (Phi) is 9.56. The molecular weight excluding hydrogens is 328 g/mol. The zero-order valence-electron chi connectivity index (χ0n) is 13.7. The van der Waals surface area contributed by atoms with Crippen LogP contribution in [0.3, 0.4) is 0 Å². The minimum atomic E-state index is 0.356. The van der Waals surface area contributed by atoms with Gasteiger partial charge in [0.2, 0.25) is 0 Å². The van der Waals surface area contributed by atoms with Crippen LogP contribution in [0.15, 0.2) is 18.2 Å². The van der Waals surface area contributed by atoms with E-state index in [1.807, 2.05) is 12.1 Å². The molecule has 0 radical (unpaired) electrons. The molecule has 0 saturated heterocycles. The lowest BCUT2D eigenvalue weighted by Gasteiger charge is -2.15. The number of unbranched alkanes of at least 4 members (excludes halogenated alkanes) is 6. The summed E-state index contributed by atoms with van der Waals surface area (Å²) in [6.45, 7) is 2.26. The highest BCUT2D eigenvalue weighted by atomic mass is 79.9. The zero-order valence-corrected chi connectivity index (χ0v) is 15.2. The van der Waals surface area contributed by atoms with Gasteiger partial charge in [0, 0.05) is 16.5 Å². The summed E-state index contributed by atoms with van der Waals surface area (Å²) in [6, 6.07) is 6.05. The van der Waals surface area contributed by atoms with E-state index in [9.17, 15) is 0 Å². The molecule has 0 bridgehead atoms. The number of hydrogen-bond acceptors (Lipinski definition) is 2. The molecule has 21 heavy (non-hydrogen) atoms. The van der Waals surface area contributed by atoms with Crippen LogP contribution in [0.4, 0.5) is 0 Å². The van der Waals surface area contributed by atoms with Gasteiger partial charge in [-0.25, -0.2) is 0 Å². The van der Waals surface area contributed by atoms with Crippen LogP contribution in [-0.2, 0) is 0 Å². The van der Waals surface area contributed by atoms with Crippen molar-refractivity contribution >= 4 is 15.9 Å². The molecule has 0 aromatic heterocycles. The van der Waals surface area contributed by atoms with E-state index in [-0.39, 0.29) is 0 Å². The molecule has 0 saturated carbocycles. The fraction of sp³-hybridized carbons (Fsp3) is 0.667. The van der Waals surface area contributed by atoms with E-state index in [1.165, 1.54) is 50.5 Å². The Bertz CT molecular complexity index is 393. The highest BCUT2D eigenvalue weighted by Crippen LogP contribution is 2.37. The van der Waals surface area contributed by atoms with Crippen molar-refractivity contribution in [3.05, 3.63) is 23.8 Å². The first-order chi connectivity index (χ1) is 10.2. The van der Waals surface area contributed by atoms with Gasteiger partial charge in [-0.3, -0.25) is 0 Å². The first-order valence-corrected chi connectivity index (χ1v) is 9.00. The third-order valence-corrected chi connectivity index (χ3v) is 4.79. The van der Waals surface area contributed by atoms with E-state index in [4.69, 9.17) is 9.47 Å². The Labute approximate surface area is 138 Å². The van der Waals surface area contributed by atoms with E-state index in [1.54, 1.807) is 14.2 Å². The molecule has 1 rings (SSSR count). The van der Waals surface area contributed by atoms with Gasteiger partial charge < -0.3 is 9.47 Å². The van der Waals surface area contributed by atoms with Gasteiger partial charge in [-0.1, -0.05) is 73.9 Å². The molecular formula is C18H29BrO2. The number of rotatable bonds is 11. The Hall–Kier alpha value is -0.700. The van der Waals surface area contributed by atoms with Crippen molar-refractivity contribution in [2.24, 2.45) is 0 Å². The summed E-state index contributed by atoms with van der Waals surface area (Å²) in [7, 11) is 3.39. The summed E-state index contributed by atoms with van der Waals surface area (Å²) in [5.74, 6) is 1.74. The first kappa shape index (κ1) is 18.3. The Balaban J connectivity index is 2.36. The topological polar surface area (TPSA) is 18.5 Å². The maximum absolute atomic E-state index is 5.47. The maximum atomic E-state index is 5.47. The molecule has 0 aliphatic carbocycles. The summed E-state index contributed by atoms with van der Waals surface area (Å²) in [5, 5.41) is 0. The van der Waals surface area contributed by atoms with Crippen molar-refractivity contribution < 1.29 is 9.47 Å². The molecule has 3 heteroatoms. The van der Waals surface area contributed by atoms with Gasteiger partial charge in [0.25, 0.3) is 0 Å². The van der Waals surface area contributed by atoms with Gasteiger partial charge in [-0.2, -0.15) is 0 Å². The second-order valence-electron chi connectivity index (χ2n) is 5.49. The van der Waals surface area contributed by atoms with E-state index in [2.05, 4.69) is 28.9 Å². The number of methoxy groups -OCH3 is 2. The van der Waals surface area contributed by atoms with Crippen LogP contribution in [-0.4, -0.2) is 14.2 Å². The lowest BCUT2D eigenvalue weighted by molar-refractivity contribution is 0.390. The van der Waals surface area contributed by atoms with E-state index in [0.29, 0.717) is 4.83 Å². The monoisotopic (exact) mass is 356 g/mol. The molecule has 120 valence electrons. The number of hydrogen-bond donors (Lipinski definition) is 0. The fourth-order valence-electron chi connectivity index (χ4n) is 2.51. The molecule has 1 unspecified atom stereocenters. The van der Waals surface area contributed by atoms with Crippen molar-refractivity contribution in [1.29, 1.82) is 0 Å². The summed E-state index contributed by atoms with van der Waals surface area (Å²) >= 11 is 3.80. The molecule has 0 spiro atoms. The van der Waals surface area contributed by atoms with Crippen molar-refractivity contribution in [1.82, 2.24) is 0 Å². The molecule has 0 aliphatic heterocycles. The molecule has 0 aliphatic rings. The molecule has 2 nitrogen and oxygen atoms in total. The first-order valence-electron chi connectivity index (χ1n) is 8.09. The van der Waals surface area contributed by atoms with Crippen LogP contribution < -0.4 is 9.47 Å². The summed E-state index contributed by atoms with van der Waals surface area (Å²) < 4.78 is 10.7. The predicted octanol–water partition coefficient (Wildman–Crippen LogP) is 6.28. The smallest absolute Gasteiger partial charge is 0.126 e. The van der Waals surface area contributed by atoms with Crippen molar-refractivity contribution in [2.45, 2.75) is 63.1 Å². The number of halogens is 1. The quantitative estimate of drug-likeness (QED) is 0.343. The third kappa shape index (κ3) is 6.73. The van der Waals surface area contributed by atoms with Crippen molar-refractivity contribution in [3.8, 4) is 11.5 Å². The van der Waals surface area contributed by atoms with Gasteiger partial charge in [0.15, 0.2) is 0 Å². The fourth-order valence-corrected chi connectivity index (χ4v) is 3.22. The van der Waals surface area contributed by atoms with Crippen LogP contribution in [0.5, 0.6) is 11.5 Å². The number of benzene rings is 1. The number of alkyl halides is 1. The summed E-state index contributed by atoms with van der Waals surface area (Å²) in [5.41, 5.74) is 1.21. The Morgan fingerprint density at radius 2 is 1.62 bits per heavy atom. The van der Waals surface area contributed by atoms with Crippen molar-refractivity contribution in [2.75, 3.05) is 14.2 Å². The summed E-state index contributed by atoms with van der Waals surface area (Å²) in [6.07, 6.45) is 10.6.